The number of rotatable bonds is 4. The zero-order valence-corrected chi connectivity index (χ0v) is 10.8. The lowest BCUT2D eigenvalue weighted by molar-refractivity contribution is -0.402. The Morgan fingerprint density at radius 1 is 1.37 bits per heavy atom. The van der Waals surface area contributed by atoms with Crippen molar-refractivity contribution in [3.05, 3.63) is 50.6 Å². The summed E-state index contributed by atoms with van der Waals surface area (Å²) < 4.78 is 10.2. The fraction of sp³-hybridized carbons (Fsp3) is 0. The fourth-order valence-electron chi connectivity index (χ4n) is 1.16. The highest BCUT2D eigenvalue weighted by molar-refractivity contribution is 9.10. The molecule has 0 aromatic carbocycles. The molecule has 0 bridgehead atoms. The van der Waals surface area contributed by atoms with Crippen LogP contribution in [-0.4, -0.2) is 17.0 Å². The summed E-state index contributed by atoms with van der Waals surface area (Å²) in [7, 11) is 0. The number of carbonyl (C=O) groups excluding carboxylic acids is 1. The summed E-state index contributed by atoms with van der Waals surface area (Å²) in [5.74, 6) is -0.729. The quantitative estimate of drug-likeness (QED) is 0.526. The van der Waals surface area contributed by atoms with Crippen LogP contribution in [0, 0.1) is 10.1 Å². The van der Waals surface area contributed by atoms with E-state index in [4.69, 9.17) is 8.83 Å². The van der Waals surface area contributed by atoms with Gasteiger partial charge in [-0.15, -0.1) is 0 Å². The van der Waals surface area contributed by atoms with Crippen molar-refractivity contribution in [3.63, 3.8) is 0 Å². The van der Waals surface area contributed by atoms with E-state index in [1.165, 1.54) is 18.2 Å². The minimum absolute atomic E-state index is 0.0782. The lowest BCUT2D eigenvalue weighted by Crippen LogP contribution is -2.16. The SMILES string of the molecule is O=C(N/N=C/c1ccc([N+](=O)[O-])o1)c1ccc(Br)o1. The van der Waals surface area contributed by atoms with Crippen LogP contribution in [0.2, 0.25) is 0 Å². The maximum atomic E-state index is 11.5. The van der Waals surface area contributed by atoms with Crippen molar-refractivity contribution in [2.45, 2.75) is 0 Å². The van der Waals surface area contributed by atoms with E-state index >= 15 is 0 Å². The third-order valence-corrected chi connectivity index (χ3v) is 2.37. The van der Waals surface area contributed by atoms with Gasteiger partial charge in [0.1, 0.15) is 4.92 Å². The Hall–Kier alpha value is -2.42. The normalized spacial score (nSPS) is 10.8. The molecule has 19 heavy (non-hydrogen) atoms. The van der Waals surface area contributed by atoms with Crippen molar-refractivity contribution in [1.29, 1.82) is 0 Å². The Kier molecular flexibility index (Phi) is 3.76. The lowest BCUT2D eigenvalue weighted by Gasteiger charge is -1.93. The topological polar surface area (TPSA) is 111 Å². The highest BCUT2D eigenvalue weighted by Gasteiger charge is 2.11. The van der Waals surface area contributed by atoms with Gasteiger partial charge in [-0.05, 0) is 34.1 Å². The van der Waals surface area contributed by atoms with Crippen molar-refractivity contribution in [2.24, 2.45) is 5.10 Å². The number of hydrazone groups is 1. The van der Waals surface area contributed by atoms with Crippen LogP contribution in [0.25, 0.3) is 0 Å². The molecule has 0 atom stereocenters. The van der Waals surface area contributed by atoms with Crippen molar-refractivity contribution in [2.75, 3.05) is 0 Å². The van der Waals surface area contributed by atoms with Gasteiger partial charge in [-0.1, -0.05) is 0 Å². The first-order valence-corrected chi connectivity index (χ1v) is 5.68. The molecule has 2 rings (SSSR count). The number of carbonyl (C=O) groups is 1. The number of hydrogen-bond acceptors (Lipinski definition) is 6. The van der Waals surface area contributed by atoms with Gasteiger partial charge in [0.2, 0.25) is 0 Å². The molecular formula is C10H6BrN3O5. The Morgan fingerprint density at radius 3 is 2.74 bits per heavy atom. The minimum Gasteiger partial charge on any atom is -0.444 e. The summed E-state index contributed by atoms with van der Waals surface area (Å²) in [6, 6.07) is 5.57. The van der Waals surface area contributed by atoms with Crippen LogP contribution < -0.4 is 5.43 Å². The van der Waals surface area contributed by atoms with E-state index in [1.54, 1.807) is 6.07 Å². The van der Waals surface area contributed by atoms with Crippen LogP contribution >= 0.6 is 15.9 Å². The molecule has 0 aliphatic carbocycles. The van der Waals surface area contributed by atoms with Gasteiger partial charge in [-0.25, -0.2) is 5.43 Å². The monoisotopic (exact) mass is 327 g/mol. The van der Waals surface area contributed by atoms with Gasteiger partial charge in [-0.3, -0.25) is 14.9 Å². The number of nitrogens with zero attached hydrogens (tertiary/aromatic N) is 2. The van der Waals surface area contributed by atoms with E-state index in [0.29, 0.717) is 4.67 Å². The second kappa shape index (κ2) is 5.48. The summed E-state index contributed by atoms with van der Waals surface area (Å²) in [6.07, 6.45) is 1.14. The molecule has 1 N–H and O–H groups in total. The van der Waals surface area contributed by atoms with E-state index < -0.39 is 16.7 Å². The smallest absolute Gasteiger partial charge is 0.433 e. The number of nitro groups is 1. The van der Waals surface area contributed by atoms with Crippen LogP contribution in [0.5, 0.6) is 0 Å². The van der Waals surface area contributed by atoms with Crippen molar-refractivity contribution < 1.29 is 18.6 Å². The molecule has 0 spiro atoms. The summed E-state index contributed by atoms with van der Waals surface area (Å²) >= 11 is 3.06. The molecule has 0 aliphatic rings. The molecule has 0 saturated heterocycles. The first-order valence-electron chi connectivity index (χ1n) is 4.89. The predicted molar refractivity (Wildman–Crippen MR) is 66.8 cm³/mol. The molecule has 2 aromatic heterocycles. The Labute approximate surface area is 114 Å². The third-order valence-electron chi connectivity index (χ3n) is 1.95. The van der Waals surface area contributed by atoms with Crippen LogP contribution in [-0.2, 0) is 0 Å². The molecule has 2 heterocycles. The average Bonchev–Trinajstić information content (AvgIpc) is 2.98. The second-order valence-electron chi connectivity index (χ2n) is 3.24. The van der Waals surface area contributed by atoms with Crippen LogP contribution in [0.3, 0.4) is 0 Å². The predicted octanol–water partition coefficient (Wildman–Crippen LogP) is 2.31. The maximum Gasteiger partial charge on any atom is 0.433 e. The molecule has 0 radical (unpaired) electrons. The van der Waals surface area contributed by atoms with Crippen LogP contribution in [0.15, 0.2) is 42.9 Å². The molecule has 1 amide bonds. The second-order valence-corrected chi connectivity index (χ2v) is 4.02. The highest BCUT2D eigenvalue weighted by atomic mass is 79.9. The zero-order chi connectivity index (χ0) is 13.8. The first kappa shape index (κ1) is 13.0. The lowest BCUT2D eigenvalue weighted by atomic mass is 10.4. The maximum absolute atomic E-state index is 11.5. The largest absolute Gasteiger partial charge is 0.444 e. The summed E-state index contributed by atoms with van der Waals surface area (Å²) in [4.78, 5) is 21.2. The third kappa shape index (κ3) is 3.28. The summed E-state index contributed by atoms with van der Waals surface area (Å²) in [5, 5.41) is 13.9. The molecule has 2 aromatic rings. The van der Waals surface area contributed by atoms with Crippen LogP contribution in [0.1, 0.15) is 16.3 Å². The number of furan rings is 2. The van der Waals surface area contributed by atoms with Crippen molar-refractivity contribution >= 4 is 33.9 Å². The van der Waals surface area contributed by atoms with Crippen molar-refractivity contribution in [1.82, 2.24) is 5.43 Å². The van der Waals surface area contributed by atoms with Gasteiger partial charge in [0, 0.05) is 0 Å². The van der Waals surface area contributed by atoms with E-state index in [2.05, 4.69) is 26.5 Å². The molecule has 9 heteroatoms. The summed E-state index contributed by atoms with van der Waals surface area (Å²) in [6.45, 7) is 0. The van der Waals surface area contributed by atoms with Crippen molar-refractivity contribution in [3.8, 4) is 0 Å². The summed E-state index contributed by atoms with van der Waals surface area (Å²) in [5.41, 5.74) is 2.19. The number of hydrogen-bond donors (Lipinski definition) is 1. The molecule has 8 nitrogen and oxygen atoms in total. The highest BCUT2D eigenvalue weighted by Crippen LogP contribution is 2.14. The molecular weight excluding hydrogens is 322 g/mol. The minimum atomic E-state index is -0.670. The van der Waals surface area contributed by atoms with Gasteiger partial charge in [0.05, 0.1) is 12.3 Å². The number of nitrogens with one attached hydrogen (secondary N) is 1. The molecule has 0 aliphatic heterocycles. The van der Waals surface area contributed by atoms with Gasteiger partial charge >= 0.3 is 11.8 Å². The van der Waals surface area contributed by atoms with Crippen LogP contribution in [0.4, 0.5) is 5.88 Å². The Balaban J connectivity index is 1.96. The standard InChI is InChI=1S/C10H6BrN3O5/c11-8-3-2-7(19-8)10(15)13-12-5-6-1-4-9(18-6)14(16)17/h1-5H,(H,13,15)/b12-5+. The van der Waals surface area contributed by atoms with Gasteiger partial charge < -0.3 is 8.83 Å². The first-order chi connectivity index (χ1) is 9.06. The average molecular weight is 328 g/mol. The number of halogens is 1. The van der Waals surface area contributed by atoms with Gasteiger partial charge in [-0.2, -0.15) is 5.10 Å². The zero-order valence-electron chi connectivity index (χ0n) is 9.20. The molecule has 0 saturated carbocycles. The molecule has 98 valence electrons. The Morgan fingerprint density at radius 2 is 2.16 bits per heavy atom. The Bertz CT molecular complexity index is 645. The van der Waals surface area contributed by atoms with E-state index in [9.17, 15) is 14.9 Å². The number of amides is 1. The molecule has 0 unspecified atom stereocenters. The van der Waals surface area contributed by atoms with E-state index in [1.807, 2.05) is 0 Å². The van der Waals surface area contributed by atoms with Gasteiger partial charge in [0.15, 0.2) is 16.2 Å². The fourth-order valence-corrected chi connectivity index (χ4v) is 1.46. The molecule has 0 fully saturated rings. The van der Waals surface area contributed by atoms with E-state index in [-0.39, 0.29) is 11.5 Å². The van der Waals surface area contributed by atoms with E-state index in [0.717, 1.165) is 6.21 Å². The van der Waals surface area contributed by atoms with Gasteiger partial charge in [0.25, 0.3) is 0 Å².